The Hall–Kier alpha value is -0.420. The Morgan fingerprint density at radius 1 is 1.46 bits per heavy atom. The van der Waals surface area contributed by atoms with Crippen LogP contribution < -0.4 is 0 Å². The number of likely N-dealkylation sites (tertiary alicyclic amines) is 1. The van der Waals surface area contributed by atoms with Crippen LogP contribution in [0.5, 0.6) is 0 Å². The third-order valence-corrected chi connectivity index (χ3v) is 2.82. The van der Waals surface area contributed by atoms with Crippen LogP contribution in [-0.4, -0.2) is 35.2 Å². The fourth-order valence-corrected chi connectivity index (χ4v) is 1.90. The number of aromatic nitrogens is 2. The number of rotatable bonds is 1. The van der Waals surface area contributed by atoms with Crippen LogP contribution >= 0.6 is 15.9 Å². The standard InChI is InChI=1S/C8H12BrN3O/c1-12-4-2-6(3-5-12)7-10-8(9)13-11-7/h6H,2-5H2,1H3. The first-order valence-corrected chi connectivity index (χ1v) is 5.22. The van der Waals surface area contributed by atoms with Gasteiger partial charge < -0.3 is 9.42 Å². The second-order valence-electron chi connectivity index (χ2n) is 3.48. The van der Waals surface area contributed by atoms with E-state index in [1.165, 1.54) is 0 Å². The smallest absolute Gasteiger partial charge is 0.293 e. The quantitative estimate of drug-likeness (QED) is 0.755. The summed E-state index contributed by atoms with van der Waals surface area (Å²) in [7, 11) is 2.14. The molecule has 1 aliphatic heterocycles. The molecule has 2 rings (SSSR count). The molecule has 1 saturated heterocycles. The van der Waals surface area contributed by atoms with Gasteiger partial charge in [0.25, 0.3) is 4.80 Å². The Kier molecular flexibility index (Phi) is 2.64. The van der Waals surface area contributed by atoms with Crippen LogP contribution in [-0.2, 0) is 0 Å². The van der Waals surface area contributed by atoms with Crippen LogP contribution in [0.3, 0.4) is 0 Å². The van der Waals surface area contributed by atoms with Crippen molar-refractivity contribution < 1.29 is 4.52 Å². The summed E-state index contributed by atoms with van der Waals surface area (Å²) in [6.07, 6.45) is 2.25. The van der Waals surface area contributed by atoms with Crippen molar-refractivity contribution >= 4 is 15.9 Å². The molecule has 1 fully saturated rings. The topological polar surface area (TPSA) is 42.2 Å². The molecule has 0 atom stereocenters. The molecule has 2 heterocycles. The van der Waals surface area contributed by atoms with E-state index in [0.717, 1.165) is 31.8 Å². The summed E-state index contributed by atoms with van der Waals surface area (Å²) in [4.78, 5) is 6.99. The van der Waals surface area contributed by atoms with E-state index in [4.69, 9.17) is 4.52 Å². The Bertz CT molecular complexity index is 281. The lowest BCUT2D eigenvalue weighted by Gasteiger charge is -2.26. The van der Waals surface area contributed by atoms with Gasteiger partial charge in [0, 0.05) is 21.8 Å². The number of halogens is 1. The highest BCUT2D eigenvalue weighted by atomic mass is 79.9. The Balaban J connectivity index is 2.02. The van der Waals surface area contributed by atoms with Gasteiger partial charge in [0.2, 0.25) is 0 Å². The van der Waals surface area contributed by atoms with E-state index in [-0.39, 0.29) is 0 Å². The van der Waals surface area contributed by atoms with E-state index in [0.29, 0.717) is 10.7 Å². The molecule has 0 saturated carbocycles. The third-order valence-electron chi connectivity index (χ3n) is 2.50. The minimum absolute atomic E-state index is 0.478. The summed E-state index contributed by atoms with van der Waals surface area (Å²) in [5.41, 5.74) is 0. The predicted molar refractivity (Wildman–Crippen MR) is 51.5 cm³/mol. The van der Waals surface area contributed by atoms with Gasteiger partial charge in [-0.05, 0) is 33.0 Å². The van der Waals surface area contributed by atoms with E-state index in [1.54, 1.807) is 0 Å². The van der Waals surface area contributed by atoms with Crippen molar-refractivity contribution in [2.75, 3.05) is 20.1 Å². The van der Waals surface area contributed by atoms with Gasteiger partial charge in [-0.15, -0.1) is 0 Å². The molecule has 0 spiro atoms. The molecule has 0 N–H and O–H groups in total. The lowest BCUT2D eigenvalue weighted by Crippen LogP contribution is -2.29. The Morgan fingerprint density at radius 2 is 2.15 bits per heavy atom. The largest absolute Gasteiger partial charge is 0.327 e. The van der Waals surface area contributed by atoms with Crippen molar-refractivity contribution in [3.8, 4) is 0 Å². The average Bonchev–Trinajstić information content (AvgIpc) is 2.53. The zero-order valence-electron chi connectivity index (χ0n) is 7.53. The van der Waals surface area contributed by atoms with E-state index in [2.05, 4.69) is 38.0 Å². The SMILES string of the molecule is CN1CCC(c2noc(Br)n2)CC1. The zero-order valence-corrected chi connectivity index (χ0v) is 9.12. The van der Waals surface area contributed by atoms with Crippen LogP contribution in [0.25, 0.3) is 0 Å². The molecule has 1 aromatic heterocycles. The maximum absolute atomic E-state index is 4.89. The highest BCUT2D eigenvalue weighted by molar-refractivity contribution is 9.10. The minimum Gasteiger partial charge on any atom is -0.327 e. The summed E-state index contributed by atoms with van der Waals surface area (Å²) in [5.74, 6) is 1.33. The monoisotopic (exact) mass is 245 g/mol. The van der Waals surface area contributed by atoms with Crippen molar-refractivity contribution in [2.45, 2.75) is 18.8 Å². The van der Waals surface area contributed by atoms with E-state index < -0.39 is 0 Å². The summed E-state index contributed by atoms with van der Waals surface area (Å²) in [6, 6.07) is 0. The maximum atomic E-state index is 4.89. The lowest BCUT2D eigenvalue weighted by molar-refractivity contribution is 0.248. The molecule has 1 aliphatic rings. The first-order chi connectivity index (χ1) is 6.25. The molecular formula is C8H12BrN3O. The summed E-state index contributed by atoms with van der Waals surface area (Å²) in [6.45, 7) is 2.24. The summed E-state index contributed by atoms with van der Waals surface area (Å²) in [5, 5.41) is 3.91. The second kappa shape index (κ2) is 3.75. The zero-order chi connectivity index (χ0) is 9.26. The molecular weight excluding hydrogens is 234 g/mol. The molecule has 1 aromatic rings. The molecule has 0 amide bonds. The van der Waals surface area contributed by atoms with Gasteiger partial charge in [-0.2, -0.15) is 4.98 Å². The van der Waals surface area contributed by atoms with Crippen molar-refractivity contribution in [2.24, 2.45) is 0 Å². The highest BCUT2D eigenvalue weighted by Gasteiger charge is 2.22. The number of hydrogen-bond acceptors (Lipinski definition) is 4. The average molecular weight is 246 g/mol. The fraction of sp³-hybridized carbons (Fsp3) is 0.750. The van der Waals surface area contributed by atoms with E-state index in [9.17, 15) is 0 Å². The van der Waals surface area contributed by atoms with Crippen LogP contribution in [0.15, 0.2) is 9.32 Å². The van der Waals surface area contributed by atoms with Crippen molar-refractivity contribution in [1.82, 2.24) is 15.0 Å². The van der Waals surface area contributed by atoms with Gasteiger partial charge in [-0.3, -0.25) is 0 Å². The first kappa shape index (κ1) is 9.15. The van der Waals surface area contributed by atoms with Gasteiger partial charge >= 0.3 is 0 Å². The van der Waals surface area contributed by atoms with Crippen molar-refractivity contribution in [1.29, 1.82) is 0 Å². The van der Waals surface area contributed by atoms with Gasteiger partial charge in [0.05, 0.1) is 0 Å². The summed E-state index contributed by atoms with van der Waals surface area (Å²) < 4.78 is 4.89. The lowest BCUT2D eigenvalue weighted by atomic mass is 9.97. The second-order valence-corrected chi connectivity index (χ2v) is 4.16. The molecule has 13 heavy (non-hydrogen) atoms. The van der Waals surface area contributed by atoms with E-state index in [1.807, 2.05) is 0 Å². The van der Waals surface area contributed by atoms with Crippen molar-refractivity contribution in [3.63, 3.8) is 0 Å². The molecule has 0 aliphatic carbocycles. The van der Waals surface area contributed by atoms with Crippen LogP contribution in [0.1, 0.15) is 24.6 Å². The van der Waals surface area contributed by atoms with E-state index >= 15 is 0 Å². The number of hydrogen-bond donors (Lipinski definition) is 0. The molecule has 0 radical (unpaired) electrons. The number of nitrogens with zero attached hydrogens (tertiary/aromatic N) is 3. The predicted octanol–water partition coefficient (Wildman–Crippen LogP) is 1.64. The van der Waals surface area contributed by atoms with Gasteiger partial charge in [0.15, 0.2) is 5.82 Å². The molecule has 0 bridgehead atoms. The Labute approximate surface area is 85.4 Å². The summed E-state index contributed by atoms with van der Waals surface area (Å²) >= 11 is 3.16. The van der Waals surface area contributed by atoms with Crippen LogP contribution in [0.4, 0.5) is 0 Å². The minimum atomic E-state index is 0.478. The van der Waals surface area contributed by atoms with Crippen molar-refractivity contribution in [3.05, 3.63) is 10.6 Å². The van der Waals surface area contributed by atoms with Gasteiger partial charge in [-0.25, -0.2) is 0 Å². The van der Waals surface area contributed by atoms with Gasteiger partial charge in [0.1, 0.15) is 0 Å². The fourth-order valence-electron chi connectivity index (χ4n) is 1.65. The maximum Gasteiger partial charge on any atom is 0.293 e. The normalized spacial score (nSPS) is 20.8. The number of piperidine rings is 1. The van der Waals surface area contributed by atoms with Crippen LogP contribution in [0.2, 0.25) is 0 Å². The highest BCUT2D eigenvalue weighted by Crippen LogP contribution is 2.25. The third kappa shape index (κ3) is 2.08. The molecule has 5 heteroatoms. The Morgan fingerprint density at radius 3 is 2.69 bits per heavy atom. The molecule has 0 unspecified atom stereocenters. The molecule has 4 nitrogen and oxygen atoms in total. The van der Waals surface area contributed by atoms with Gasteiger partial charge in [-0.1, -0.05) is 5.16 Å². The molecule has 72 valence electrons. The molecule has 0 aromatic carbocycles. The first-order valence-electron chi connectivity index (χ1n) is 4.43. The van der Waals surface area contributed by atoms with Crippen LogP contribution in [0, 0.1) is 0 Å².